The maximum Gasteiger partial charge on any atom is 0.124 e. The van der Waals surface area contributed by atoms with Crippen LogP contribution >= 0.6 is 15.9 Å². The first kappa shape index (κ1) is 11.6. The van der Waals surface area contributed by atoms with Crippen LogP contribution < -0.4 is 0 Å². The lowest BCUT2D eigenvalue weighted by Gasteiger charge is -2.31. The van der Waals surface area contributed by atoms with Crippen LogP contribution in [0.25, 0.3) is 0 Å². The zero-order valence-electron chi connectivity index (χ0n) is 9.19. The molecule has 1 fully saturated rings. The van der Waals surface area contributed by atoms with Gasteiger partial charge in [-0.25, -0.2) is 0 Å². The summed E-state index contributed by atoms with van der Waals surface area (Å²) in [4.78, 5) is 2.28. The van der Waals surface area contributed by atoms with E-state index in [4.69, 9.17) is 0 Å². The van der Waals surface area contributed by atoms with Crippen LogP contribution in [0.5, 0.6) is 0 Å². The Bertz CT molecular complexity index is 391. The van der Waals surface area contributed by atoms with E-state index in [1.807, 2.05) is 24.3 Å². The van der Waals surface area contributed by atoms with Gasteiger partial charge in [0.1, 0.15) is 6.04 Å². The molecule has 1 saturated heterocycles. The van der Waals surface area contributed by atoms with E-state index in [0.717, 1.165) is 23.1 Å². The summed E-state index contributed by atoms with van der Waals surface area (Å²) in [6, 6.07) is 10.3. The van der Waals surface area contributed by atoms with E-state index in [1.54, 1.807) is 0 Å². The van der Waals surface area contributed by atoms with Gasteiger partial charge in [-0.1, -0.05) is 40.5 Å². The fourth-order valence-corrected chi connectivity index (χ4v) is 2.72. The lowest BCUT2D eigenvalue weighted by molar-refractivity contribution is 0.195. The van der Waals surface area contributed by atoms with Crippen LogP contribution in [0.2, 0.25) is 0 Å². The minimum absolute atomic E-state index is 0.101. The van der Waals surface area contributed by atoms with E-state index in [-0.39, 0.29) is 6.04 Å². The molecule has 1 aliphatic rings. The summed E-state index contributed by atoms with van der Waals surface area (Å²) in [6.45, 7) is 2.08. The van der Waals surface area contributed by atoms with Gasteiger partial charge in [-0.3, -0.25) is 4.90 Å². The summed E-state index contributed by atoms with van der Waals surface area (Å²) in [5, 5.41) is 9.34. The largest absolute Gasteiger partial charge is 0.284 e. The summed E-state index contributed by atoms with van der Waals surface area (Å²) in [7, 11) is 0. The monoisotopic (exact) mass is 278 g/mol. The molecule has 0 aliphatic carbocycles. The highest BCUT2D eigenvalue weighted by Crippen LogP contribution is 2.29. The summed E-state index contributed by atoms with van der Waals surface area (Å²) in [5.41, 5.74) is 1.09. The summed E-state index contributed by atoms with van der Waals surface area (Å²) in [5.74, 6) is 0. The Balaban J connectivity index is 2.22. The molecule has 1 unspecified atom stereocenters. The molecule has 84 valence electrons. The SMILES string of the molecule is N#CC(c1ccccc1Br)N1CCCCC1. The number of nitriles is 1. The number of likely N-dealkylation sites (tertiary alicyclic amines) is 1. The van der Waals surface area contributed by atoms with Gasteiger partial charge in [-0.15, -0.1) is 0 Å². The van der Waals surface area contributed by atoms with E-state index in [9.17, 15) is 5.26 Å². The minimum Gasteiger partial charge on any atom is -0.284 e. The molecule has 2 rings (SSSR count). The molecule has 0 saturated carbocycles. The van der Waals surface area contributed by atoms with Gasteiger partial charge in [0.25, 0.3) is 0 Å². The van der Waals surface area contributed by atoms with Crippen molar-refractivity contribution in [2.45, 2.75) is 25.3 Å². The quantitative estimate of drug-likeness (QED) is 0.828. The highest BCUT2D eigenvalue weighted by molar-refractivity contribution is 9.10. The maximum atomic E-state index is 9.34. The van der Waals surface area contributed by atoms with Crippen molar-refractivity contribution in [1.29, 1.82) is 5.26 Å². The number of rotatable bonds is 2. The minimum atomic E-state index is -0.101. The van der Waals surface area contributed by atoms with Crippen LogP contribution in [0.3, 0.4) is 0 Å². The molecule has 0 aromatic heterocycles. The molecule has 0 amide bonds. The smallest absolute Gasteiger partial charge is 0.124 e. The van der Waals surface area contributed by atoms with Crippen LogP contribution in [-0.2, 0) is 0 Å². The third-order valence-electron chi connectivity index (χ3n) is 3.08. The standard InChI is InChI=1S/C13H15BrN2/c14-12-7-3-2-6-11(12)13(10-15)16-8-4-1-5-9-16/h2-3,6-7,13H,1,4-5,8-9H2. The van der Waals surface area contributed by atoms with Gasteiger partial charge in [0.05, 0.1) is 6.07 Å². The molecule has 1 aromatic carbocycles. The predicted octanol–water partition coefficient (Wildman–Crippen LogP) is 3.50. The van der Waals surface area contributed by atoms with E-state index < -0.39 is 0 Å². The lowest BCUT2D eigenvalue weighted by Crippen LogP contribution is -2.33. The zero-order valence-corrected chi connectivity index (χ0v) is 10.8. The first-order valence-electron chi connectivity index (χ1n) is 5.71. The average molecular weight is 279 g/mol. The Hall–Kier alpha value is -0.850. The topological polar surface area (TPSA) is 27.0 Å². The van der Waals surface area contributed by atoms with E-state index in [2.05, 4.69) is 26.9 Å². The van der Waals surface area contributed by atoms with Gasteiger partial charge in [0, 0.05) is 4.47 Å². The van der Waals surface area contributed by atoms with Crippen molar-refractivity contribution < 1.29 is 0 Å². The van der Waals surface area contributed by atoms with Crippen molar-refractivity contribution in [3.8, 4) is 6.07 Å². The number of hydrogen-bond acceptors (Lipinski definition) is 2. The molecule has 3 heteroatoms. The first-order valence-corrected chi connectivity index (χ1v) is 6.50. The van der Waals surface area contributed by atoms with Crippen LogP contribution in [0.4, 0.5) is 0 Å². The van der Waals surface area contributed by atoms with E-state index >= 15 is 0 Å². The van der Waals surface area contributed by atoms with E-state index in [1.165, 1.54) is 19.3 Å². The normalized spacial score (nSPS) is 19.0. The van der Waals surface area contributed by atoms with Crippen LogP contribution in [0.15, 0.2) is 28.7 Å². The average Bonchev–Trinajstić information content (AvgIpc) is 2.34. The van der Waals surface area contributed by atoms with Crippen molar-refractivity contribution in [3.63, 3.8) is 0 Å². The van der Waals surface area contributed by atoms with Gasteiger partial charge < -0.3 is 0 Å². The van der Waals surface area contributed by atoms with Gasteiger partial charge in [-0.2, -0.15) is 5.26 Å². The Morgan fingerprint density at radius 3 is 2.50 bits per heavy atom. The second kappa shape index (κ2) is 5.47. The number of nitrogens with zero attached hydrogens (tertiary/aromatic N) is 2. The molecular weight excluding hydrogens is 264 g/mol. The predicted molar refractivity (Wildman–Crippen MR) is 67.9 cm³/mol. The number of piperidine rings is 1. The van der Waals surface area contributed by atoms with Gasteiger partial charge >= 0.3 is 0 Å². The van der Waals surface area contributed by atoms with E-state index in [0.29, 0.717) is 0 Å². The molecule has 1 heterocycles. The number of halogens is 1. The fraction of sp³-hybridized carbons (Fsp3) is 0.462. The Kier molecular flexibility index (Phi) is 3.98. The Morgan fingerprint density at radius 1 is 1.19 bits per heavy atom. The maximum absolute atomic E-state index is 9.34. The fourth-order valence-electron chi connectivity index (χ4n) is 2.22. The van der Waals surface area contributed by atoms with Gasteiger partial charge in [-0.05, 0) is 37.6 Å². The van der Waals surface area contributed by atoms with Crippen molar-refractivity contribution >= 4 is 15.9 Å². The van der Waals surface area contributed by atoms with Gasteiger partial charge in [0.2, 0.25) is 0 Å². The van der Waals surface area contributed by atoms with Crippen molar-refractivity contribution in [3.05, 3.63) is 34.3 Å². The first-order chi connectivity index (χ1) is 7.83. The number of hydrogen-bond donors (Lipinski definition) is 0. The van der Waals surface area contributed by atoms with Gasteiger partial charge in [0.15, 0.2) is 0 Å². The van der Waals surface area contributed by atoms with Crippen LogP contribution in [0, 0.1) is 11.3 Å². The van der Waals surface area contributed by atoms with Crippen molar-refractivity contribution in [1.82, 2.24) is 4.90 Å². The summed E-state index contributed by atoms with van der Waals surface area (Å²) in [6.07, 6.45) is 3.72. The number of benzene rings is 1. The molecular formula is C13H15BrN2. The molecule has 16 heavy (non-hydrogen) atoms. The summed E-state index contributed by atoms with van der Waals surface area (Å²) < 4.78 is 1.03. The molecule has 2 nitrogen and oxygen atoms in total. The lowest BCUT2D eigenvalue weighted by atomic mass is 10.0. The third-order valence-corrected chi connectivity index (χ3v) is 3.80. The molecule has 0 spiro atoms. The molecule has 0 bridgehead atoms. The van der Waals surface area contributed by atoms with Crippen LogP contribution in [0.1, 0.15) is 30.9 Å². The molecule has 1 aliphatic heterocycles. The second-order valence-electron chi connectivity index (χ2n) is 4.15. The molecule has 1 aromatic rings. The Labute approximate surface area is 105 Å². The highest BCUT2D eigenvalue weighted by atomic mass is 79.9. The molecule has 0 radical (unpaired) electrons. The molecule has 0 N–H and O–H groups in total. The van der Waals surface area contributed by atoms with Crippen LogP contribution in [-0.4, -0.2) is 18.0 Å². The van der Waals surface area contributed by atoms with Crippen molar-refractivity contribution in [2.75, 3.05) is 13.1 Å². The second-order valence-corrected chi connectivity index (χ2v) is 5.00. The zero-order chi connectivity index (χ0) is 11.4. The van der Waals surface area contributed by atoms with Crippen molar-refractivity contribution in [2.24, 2.45) is 0 Å². The Morgan fingerprint density at radius 2 is 1.88 bits per heavy atom. The summed E-state index contributed by atoms with van der Waals surface area (Å²) >= 11 is 3.53. The molecule has 1 atom stereocenters. The highest BCUT2D eigenvalue weighted by Gasteiger charge is 2.23. The third kappa shape index (κ3) is 2.45.